The minimum atomic E-state index is -0.614. The lowest BCUT2D eigenvalue weighted by Gasteiger charge is -2.16. The number of benzene rings is 1. The smallest absolute Gasteiger partial charge is 0.328 e. The van der Waals surface area contributed by atoms with Crippen LogP contribution in [0.4, 0.5) is 0 Å². The van der Waals surface area contributed by atoms with Crippen molar-refractivity contribution in [1.82, 2.24) is 5.32 Å². The van der Waals surface area contributed by atoms with Gasteiger partial charge in [0.15, 0.2) is 0 Å². The van der Waals surface area contributed by atoms with E-state index in [0.29, 0.717) is 12.8 Å². The van der Waals surface area contributed by atoms with Gasteiger partial charge >= 0.3 is 5.97 Å². The summed E-state index contributed by atoms with van der Waals surface area (Å²) in [7, 11) is 1.33. The van der Waals surface area contributed by atoms with E-state index >= 15 is 0 Å². The molecule has 4 heteroatoms. The number of carbonyl (C=O) groups is 2. The van der Waals surface area contributed by atoms with Crippen LogP contribution in [-0.2, 0) is 20.7 Å². The zero-order valence-corrected chi connectivity index (χ0v) is 11.5. The monoisotopic (exact) mass is 263 g/mol. The third-order valence-electron chi connectivity index (χ3n) is 2.86. The van der Waals surface area contributed by atoms with Crippen LogP contribution >= 0.6 is 0 Å². The third kappa shape index (κ3) is 5.55. The van der Waals surface area contributed by atoms with Crippen molar-refractivity contribution in [3.8, 4) is 0 Å². The lowest BCUT2D eigenvalue weighted by molar-refractivity contribution is -0.145. The van der Waals surface area contributed by atoms with Crippen LogP contribution in [0.15, 0.2) is 30.3 Å². The van der Waals surface area contributed by atoms with E-state index < -0.39 is 12.0 Å². The second kappa shape index (κ2) is 8.29. The highest BCUT2D eigenvalue weighted by Gasteiger charge is 2.21. The summed E-state index contributed by atoms with van der Waals surface area (Å²) < 4.78 is 4.74. The Bertz CT molecular complexity index is 403. The normalized spacial score (nSPS) is 11.7. The summed E-state index contributed by atoms with van der Waals surface area (Å²) in [6.45, 7) is 2.02. The first kappa shape index (κ1) is 15.2. The SMILES string of the molecule is CCCCC(=O)NC(Cc1ccccc1)C(=O)OC. The summed E-state index contributed by atoms with van der Waals surface area (Å²) in [6, 6.07) is 8.96. The van der Waals surface area contributed by atoms with E-state index in [1.165, 1.54) is 7.11 Å². The van der Waals surface area contributed by atoms with Gasteiger partial charge in [-0.2, -0.15) is 0 Å². The highest BCUT2D eigenvalue weighted by molar-refractivity contribution is 5.84. The molecule has 1 unspecified atom stereocenters. The molecule has 0 aliphatic heterocycles. The van der Waals surface area contributed by atoms with Crippen LogP contribution < -0.4 is 5.32 Å². The molecule has 0 saturated carbocycles. The van der Waals surface area contributed by atoms with Crippen molar-refractivity contribution < 1.29 is 14.3 Å². The molecule has 4 nitrogen and oxygen atoms in total. The number of rotatable bonds is 7. The molecule has 104 valence electrons. The molecule has 0 aromatic heterocycles. The minimum absolute atomic E-state index is 0.104. The van der Waals surface area contributed by atoms with Crippen LogP contribution in [0, 0.1) is 0 Å². The molecule has 1 N–H and O–H groups in total. The highest BCUT2D eigenvalue weighted by atomic mass is 16.5. The van der Waals surface area contributed by atoms with E-state index in [-0.39, 0.29) is 5.91 Å². The van der Waals surface area contributed by atoms with Gasteiger partial charge in [-0.1, -0.05) is 43.7 Å². The van der Waals surface area contributed by atoms with E-state index in [1.807, 2.05) is 37.3 Å². The summed E-state index contributed by atoms with van der Waals surface area (Å²) in [4.78, 5) is 23.4. The Labute approximate surface area is 114 Å². The molecular formula is C15H21NO3. The predicted octanol–water partition coefficient (Wildman–Crippen LogP) is 2.08. The van der Waals surface area contributed by atoms with Gasteiger partial charge in [-0.25, -0.2) is 4.79 Å². The van der Waals surface area contributed by atoms with Crippen molar-refractivity contribution in [2.45, 2.75) is 38.6 Å². The highest BCUT2D eigenvalue weighted by Crippen LogP contribution is 2.05. The number of unbranched alkanes of at least 4 members (excludes halogenated alkanes) is 1. The number of hydrogen-bond donors (Lipinski definition) is 1. The quantitative estimate of drug-likeness (QED) is 0.766. The molecule has 0 radical (unpaired) electrons. The molecule has 0 heterocycles. The van der Waals surface area contributed by atoms with E-state index in [4.69, 9.17) is 4.74 Å². The van der Waals surface area contributed by atoms with Gasteiger partial charge < -0.3 is 10.1 Å². The second-order valence-corrected chi connectivity index (χ2v) is 4.44. The van der Waals surface area contributed by atoms with Gasteiger partial charge in [0.25, 0.3) is 0 Å². The van der Waals surface area contributed by atoms with Crippen molar-refractivity contribution >= 4 is 11.9 Å². The molecule has 0 saturated heterocycles. The zero-order chi connectivity index (χ0) is 14.1. The van der Waals surface area contributed by atoms with Crippen LogP contribution in [-0.4, -0.2) is 25.0 Å². The van der Waals surface area contributed by atoms with Crippen molar-refractivity contribution in [3.63, 3.8) is 0 Å². The van der Waals surface area contributed by atoms with Crippen molar-refractivity contribution in [1.29, 1.82) is 0 Å². The summed E-state index contributed by atoms with van der Waals surface area (Å²) in [6.07, 6.45) is 2.67. The Morgan fingerprint density at radius 2 is 1.95 bits per heavy atom. The molecule has 1 atom stereocenters. The first-order chi connectivity index (χ1) is 9.17. The lowest BCUT2D eigenvalue weighted by atomic mass is 10.1. The maximum atomic E-state index is 11.7. The molecule has 0 fully saturated rings. The average Bonchev–Trinajstić information content (AvgIpc) is 2.44. The van der Waals surface area contributed by atoms with Gasteiger partial charge in [0.2, 0.25) is 5.91 Å². The number of nitrogens with one attached hydrogen (secondary N) is 1. The molecule has 19 heavy (non-hydrogen) atoms. The number of amides is 1. The molecule has 0 aliphatic carbocycles. The van der Waals surface area contributed by atoms with Crippen LogP contribution in [0.5, 0.6) is 0 Å². The molecule has 1 amide bonds. The van der Waals surface area contributed by atoms with Crippen LogP contribution in [0.25, 0.3) is 0 Å². The maximum absolute atomic E-state index is 11.7. The van der Waals surface area contributed by atoms with Crippen LogP contribution in [0.3, 0.4) is 0 Å². The molecule has 0 bridgehead atoms. The molecule has 1 aromatic rings. The second-order valence-electron chi connectivity index (χ2n) is 4.44. The van der Waals surface area contributed by atoms with Gasteiger partial charge in [0, 0.05) is 12.8 Å². The summed E-state index contributed by atoms with van der Waals surface area (Å²) in [5, 5.41) is 2.74. The average molecular weight is 263 g/mol. The van der Waals surface area contributed by atoms with Gasteiger partial charge in [-0.3, -0.25) is 4.79 Å². The first-order valence-corrected chi connectivity index (χ1v) is 6.58. The minimum Gasteiger partial charge on any atom is -0.467 e. The number of ether oxygens (including phenoxy) is 1. The molecule has 0 aliphatic rings. The molecule has 1 rings (SSSR count). The van der Waals surface area contributed by atoms with Crippen molar-refractivity contribution in [2.24, 2.45) is 0 Å². The van der Waals surface area contributed by atoms with Crippen molar-refractivity contribution in [3.05, 3.63) is 35.9 Å². The van der Waals surface area contributed by atoms with Gasteiger partial charge in [-0.15, -0.1) is 0 Å². The van der Waals surface area contributed by atoms with Crippen LogP contribution in [0.1, 0.15) is 31.7 Å². The first-order valence-electron chi connectivity index (χ1n) is 6.58. The predicted molar refractivity (Wildman–Crippen MR) is 73.6 cm³/mol. The Hall–Kier alpha value is -1.84. The summed E-state index contributed by atoms with van der Waals surface area (Å²) in [5.41, 5.74) is 0.994. The Balaban J connectivity index is 2.62. The van der Waals surface area contributed by atoms with Gasteiger partial charge in [-0.05, 0) is 12.0 Å². The fraction of sp³-hybridized carbons (Fsp3) is 0.467. The van der Waals surface area contributed by atoms with E-state index in [2.05, 4.69) is 5.32 Å². The van der Waals surface area contributed by atoms with E-state index in [9.17, 15) is 9.59 Å². The van der Waals surface area contributed by atoms with Crippen LogP contribution in [0.2, 0.25) is 0 Å². The van der Waals surface area contributed by atoms with E-state index in [1.54, 1.807) is 0 Å². The largest absolute Gasteiger partial charge is 0.467 e. The topological polar surface area (TPSA) is 55.4 Å². The maximum Gasteiger partial charge on any atom is 0.328 e. The molecule has 1 aromatic carbocycles. The Kier molecular flexibility index (Phi) is 6.64. The Morgan fingerprint density at radius 3 is 2.53 bits per heavy atom. The standard InChI is InChI=1S/C15H21NO3/c1-3-4-10-14(17)16-13(15(18)19-2)11-12-8-6-5-7-9-12/h5-9,13H,3-4,10-11H2,1-2H3,(H,16,17). The molecule has 0 spiro atoms. The number of esters is 1. The van der Waals surface area contributed by atoms with E-state index in [0.717, 1.165) is 18.4 Å². The third-order valence-corrected chi connectivity index (χ3v) is 2.86. The van der Waals surface area contributed by atoms with Crippen molar-refractivity contribution in [2.75, 3.05) is 7.11 Å². The fourth-order valence-electron chi connectivity index (χ4n) is 1.79. The number of carbonyl (C=O) groups excluding carboxylic acids is 2. The summed E-state index contributed by atoms with van der Waals surface area (Å²) in [5.74, 6) is -0.512. The fourth-order valence-corrected chi connectivity index (χ4v) is 1.79. The summed E-state index contributed by atoms with van der Waals surface area (Å²) >= 11 is 0. The zero-order valence-electron chi connectivity index (χ0n) is 11.5. The Morgan fingerprint density at radius 1 is 1.26 bits per heavy atom. The molecular weight excluding hydrogens is 242 g/mol. The number of hydrogen-bond acceptors (Lipinski definition) is 3. The lowest BCUT2D eigenvalue weighted by Crippen LogP contribution is -2.42. The number of methoxy groups -OCH3 is 1. The van der Waals surface area contributed by atoms with Gasteiger partial charge in [0.1, 0.15) is 6.04 Å². The van der Waals surface area contributed by atoms with Gasteiger partial charge in [0.05, 0.1) is 7.11 Å².